The first kappa shape index (κ1) is 24.4. The molecular weight excluding hydrogens is 380 g/mol. The number of benzene rings is 1. The zero-order chi connectivity index (χ0) is 21.8. The molecule has 1 aromatic carbocycles. The first-order valence-electron chi connectivity index (χ1n) is 11.0. The minimum absolute atomic E-state index is 0.0615. The molecule has 30 heavy (non-hydrogen) atoms. The fourth-order valence-electron chi connectivity index (χ4n) is 3.30. The van der Waals surface area contributed by atoms with Gasteiger partial charge in [0.05, 0.1) is 25.9 Å². The maximum Gasteiger partial charge on any atom is 0.191 e. The van der Waals surface area contributed by atoms with Gasteiger partial charge in [0.25, 0.3) is 0 Å². The molecule has 0 aliphatic carbocycles. The molecule has 2 N–H and O–H groups in total. The molecule has 0 aromatic heterocycles. The van der Waals surface area contributed by atoms with Gasteiger partial charge in [-0.05, 0) is 30.0 Å². The smallest absolute Gasteiger partial charge is 0.191 e. The molecule has 0 bridgehead atoms. The topological polar surface area (TPSA) is 67.4 Å². The van der Waals surface area contributed by atoms with Gasteiger partial charge in [0.2, 0.25) is 0 Å². The Kier molecular flexibility index (Phi) is 10.4. The number of guanidine groups is 1. The Morgan fingerprint density at radius 3 is 2.67 bits per heavy atom. The van der Waals surface area contributed by atoms with Crippen molar-refractivity contribution in [1.29, 1.82) is 0 Å². The molecule has 1 fully saturated rings. The Labute approximate surface area is 182 Å². The maximum atomic E-state index is 5.96. The van der Waals surface area contributed by atoms with E-state index in [1.807, 2.05) is 12.1 Å². The van der Waals surface area contributed by atoms with Crippen molar-refractivity contribution in [1.82, 2.24) is 15.5 Å². The molecule has 7 heteroatoms. The quantitative estimate of drug-likeness (QED) is 0.448. The number of ether oxygens (including phenoxy) is 3. The Bertz CT molecular complexity index is 640. The summed E-state index contributed by atoms with van der Waals surface area (Å²) in [5, 5.41) is 6.71. The third-order valence-electron chi connectivity index (χ3n) is 5.15. The lowest BCUT2D eigenvalue weighted by molar-refractivity contribution is 0.0205. The van der Waals surface area contributed by atoms with E-state index in [1.165, 1.54) is 0 Å². The lowest BCUT2D eigenvalue weighted by atomic mass is 9.89. The van der Waals surface area contributed by atoms with Crippen LogP contribution in [-0.2, 0) is 16.0 Å². The van der Waals surface area contributed by atoms with Gasteiger partial charge in [0.15, 0.2) is 5.96 Å². The maximum absolute atomic E-state index is 5.96. The first-order valence-corrected chi connectivity index (χ1v) is 11.0. The first-order chi connectivity index (χ1) is 14.4. The number of morpholine rings is 1. The molecule has 1 unspecified atom stereocenters. The summed E-state index contributed by atoms with van der Waals surface area (Å²) in [5.74, 6) is 1.68. The van der Waals surface area contributed by atoms with Crippen LogP contribution < -0.4 is 15.4 Å². The third-order valence-corrected chi connectivity index (χ3v) is 5.15. The van der Waals surface area contributed by atoms with E-state index < -0.39 is 0 Å². The Morgan fingerprint density at radius 2 is 2.00 bits per heavy atom. The van der Waals surface area contributed by atoms with Crippen LogP contribution in [0.2, 0.25) is 0 Å². The molecule has 1 aromatic rings. The summed E-state index contributed by atoms with van der Waals surface area (Å²) in [6, 6.07) is 8.17. The fourth-order valence-corrected chi connectivity index (χ4v) is 3.30. The largest absolute Gasteiger partial charge is 0.492 e. The van der Waals surface area contributed by atoms with Crippen LogP contribution in [0.3, 0.4) is 0 Å². The number of hydrogen-bond donors (Lipinski definition) is 2. The van der Waals surface area contributed by atoms with E-state index >= 15 is 0 Å². The van der Waals surface area contributed by atoms with Gasteiger partial charge in [-0.1, -0.05) is 32.9 Å². The number of rotatable bonds is 10. The Morgan fingerprint density at radius 1 is 1.23 bits per heavy atom. The van der Waals surface area contributed by atoms with Crippen molar-refractivity contribution in [2.24, 2.45) is 10.4 Å². The normalized spacial score (nSPS) is 16.9. The van der Waals surface area contributed by atoms with E-state index in [9.17, 15) is 0 Å². The van der Waals surface area contributed by atoms with Crippen LogP contribution in [-0.4, -0.2) is 76.6 Å². The summed E-state index contributed by atoms with van der Waals surface area (Å²) < 4.78 is 17.0. The van der Waals surface area contributed by atoms with Gasteiger partial charge in [0, 0.05) is 39.8 Å². The summed E-state index contributed by atoms with van der Waals surface area (Å²) in [6.45, 7) is 15.9. The second-order valence-corrected chi connectivity index (χ2v) is 8.62. The van der Waals surface area contributed by atoms with E-state index in [-0.39, 0.29) is 11.5 Å². The van der Waals surface area contributed by atoms with Crippen molar-refractivity contribution >= 4 is 5.96 Å². The number of aliphatic imine (C=N–C) groups is 1. The number of methoxy groups -OCH3 is 1. The monoisotopic (exact) mass is 420 g/mol. The van der Waals surface area contributed by atoms with Crippen LogP contribution in [0.15, 0.2) is 29.3 Å². The van der Waals surface area contributed by atoms with E-state index in [2.05, 4.69) is 55.4 Å². The molecule has 2 rings (SSSR count). The molecule has 170 valence electrons. The van der Waals surface area contributed by atoms with Crippen molar-refractivity contribution in [2.45, 2.75) is 40.3 Å². The highest BCUT2D eigenvalue weighted by Gasteiger charge is 2.24. The minimum Gasteiger partial charge on any atom is -0.492 e. The molecule has 0 spiro atoms. The summed E-state index contributed by atoms with van der Waals surface area (Å²) in [6.07, 6.45) is 0.101. The van der Waals surface area contributed by atoms with Crippen molar-refractivity contribution < 1.29 is 14.2 Å². The van der Waals surface area contributed by atoms with Crippen LogP contribution >= 0.6 is 0 Å². The van der Waals surface area contributed by atoms with Crippen molar-refractivity contribution in [2.75, 3.05) is 59.7 Å². The number of nitrogens with one attached hydrogen (secondary N) is 2. The fraction of sp³-hybridized carbons (Fsp3) is 0.696. The summed E-state index contributed by atoms with van der Waals surface area (Å²) in [4.78, 5) is 7.10. The number of hydrogen-bond acceptors (Lipinski definition) is 5. The molecule has 1 aliphatic heterocycles. The zero-order valence-corrected chi connectivity index (χ0v) is 19.4. The second-order valence-electron chi connectivity index (χ2n) is 8.62. The highest BCUT2D eigenvalue weighted by Crippen LogP contribution is 2.21. The van der Waals surface area contributed by atoms with Gasteiger partial charge in [-0.2, -0.15) is 0 Å². The molecule has 0 radical (unpaired) electrons. The molecule has 1 aliphatic rings. The van der Waals surface area contributed by atoms with E-state index in [0.29, 0.717) is 19.7 Å². The summed E-state index contributed by atoms with van der Waals surface area (Å²) >= 11 is 0. The zero-order valence-electron chi connectivity index (χ0n) is 19.4. The van der Waals surface area contributed by atoms with Crippen LogP contribution in [0, 0.1) is 5.41 Å². The molecule has 0 amide bonds. The van der Waals surface area contributed by atoms with E-state index in [1.54, 1.807) is 7.11 Å². The number of nitrogens with zero attached hydrogens (tertiary/aromatic N) is 2. The molecule has 1 heterocycles. The average Bonchev–Trinajstić information content (AvgIpc) is 2.72. The van der Waals surface area contributed by atoms with Gasteiger partial charge < -0.3 is 24.8 Å². The lowest BCUT2D eigenvalue weighted by Crippen LogP contribution is -2.45. The van der Waals surface area contributed by atoms with Gasteiger partial charge in [-0.15, -0.1) is 0 Å². The van der Waals surface area contributed by atoms with Crippen molar-refractivity contribution in [3.63, 3.8) is 0 Å². The average molecular weight is 421 g/mol. The molecule has 7 nitrogen and oxygen atoms in total. The Balaban J connectivity index is 1.86. The van der Waals surface area contributed by atoms with E-state index in [0.717, 1.165) is 56.7 Å². The third kappa shape index (κ3) is 8.90. The van der Waals surface area contributed by atoms with E-state index in [4.69, 9.17) is 19.2 Å². The molecule has 0 saturated carbocycles. The van der Waals surface area contributed by atoms with Gasteiger partial charge in [-0.25, -0.2) is 4.99 Å². The minimum atomic E-state index is 0.0615. The van der Waals surface area contributed by atoms with Gasteiger partial charge in [0.1, 0.15) is 12.4 Å². The van der Waals surface area contributed by atoms with Gasteiger partial charge in [-0.3, -0.25) is 4.90 Å². The highest BCUT2D eigenvalue weighted by atomic mass is 16.5. The standard InChI is InChI=1S/C23H40N4O3/c1-6-24-22(26-18-21(28-5)23(2,3)4)25-17-19-8-7-9-20(16-19)30-15-12-27-10-13-29-14-11-27/h7-9,16,21H,6,10-15,17-18H2,1-5H3,(H2,24,25,26). The van der Waals surface area contributed by atoms with Crippen LogP contribution in [0.5, 0.6) is 5.75 Å². The predicted octanol–water partition coefficient (Wildman–Crippen LogP) is 2.51. The summed E-state index contributed by atoms with van der Waals surface area (Å²) in [5.41, 5.74) is 1.18. The van der Waals surface area contributed by atoms with Crippen LogP contribution in [0.4, 0.5) is 0 Å². The Hall–Kier alpha value is -1.83. The van der Waals surface area contributed by atoms with Crippen LogP contribution in [0.1, 0.15) is 33.3 Å². The SMILES string of the molecule is CCNC(=NCc1cccc(OCCN2CCOCC2)c1)NCC(OC)C(C)(C)C. The van der Waals surface area contributed by atoms with Crippen molar-refractivity contribution in [3.05, 3.63) is 29.8 Å². The van der Waals surface area contributed by atoms with Gasteiger partial charge >= 0.3 is 0 Å². The van der Waals surface area contributed by atoms with Crippen molar-refractivity contribution in [3.8, 4) is 5.75 Å². The second kappa shape index (κ2) is 12.8. The van der Waals surface area contributed by atoms with Crippen LogP contribution in [0.25, 0.3) is 0 Å². The summed E-state index contributed by atoms with van der Waals surface area (Å²) in [7, 11) is 1.76. The molecule has 1 saturated heterocycles. The lowest BCUT2D eigenvalue weighted by Gasteiger charge is -2.30. The highest BCUT2D eigenvalue weighted by molar-refractivity contribution is 5.79. The molecule has 1 atom stereocenters. The predicted molar refractivity (Wildman–Crippen MR) is 122 cm³/mol. The molecular formula is C23H40N4O3.